The summed E-state index contributed by atoms with van der Waals surface area (Å²) in [6.07, 6.45) is 9.27. The average molecular weight is 383 g/mol. The van der Waals surface area contributed by atoms with Crippen LogP contribution < -0.4 is 5.32 Å². The number of imidazole rings is 1. The molecule has 7 nitrogen and oxygen atoms in total. The third-order valence-corrected chi connectivity index (χ3v) is 5.32. The van der Waals surface area contributed by atoms with Crippen molar-refractivity contribution in [2.45, 2.75) is 32.7 Å². The highest BCUT2D eigenvalue weighted by Crippen LogP contribution is 2.34. The monoisotopic (exact) mass is 383 g/mol. The van der Waals surface area contributed by atoms with Gasteiger partial charge in [-0.05, 0) is 56.0 Å². The second kappa shape index (κ2) is 7.09. The van der Waals surface area contributed by atoms with Crippen molar-refractivity contribution in [1.29, 1.82) is 0 Å². The van der Waals surface area contributed by atoms with Gasteiger partial charge in [-0.25, -0.2) is 19.9 Å². The normalized spacial score (nSPS) is 14.3. The Morgan fingerprint density at radius 1 is 1.10 bits per heavy atom. The minimum absolute atomic E-state index is 0.0302. The van der Waals surface area contributed by atoms with E-state index in [4.69, 9.17) is 4.98 Å². The van der Waals surface area contributed by atoms with E-state index in [1.54, 1.807) is 12.5 Å². The Hall–Kier alpha value is -3.61. The minimum atomic E-state index is -0.0302. The number of aromatic amines is 1. The Kier molecular flexibility index (Phi) is 4.27. The van der Waals surface area contributed by atoms with E-state index in [-0.39, 0.29) is 6.04 Å². The van der Waals surface area contributed by atoms with Gasteiger partial charge in [-0.15, -0.1) is 0 Å². The summed E-state index contributed by atoms with van der Waals surface area (Å²) in [5.74, 6) is 0.723. The lowest BCUT2D eigenvalue weighted by atomic mass is 9.92. The molecule has 7 heteroatoms. The van der Waals surface area contributed by atoms with E-state index in [1.807, 2.05) is 18.2 Å². The van der Waals surface area contributed by atoms with Gasteiger partial charge in [0, 0.05) is 11.8 Å². The van der Waals surface area contributed by atoms with Gasteiger partial charge in [-0.2, -0.15) is 0 Å². The Labute approximate surface area is 168 Å². The third kappa shape index (κ3) is 3.14. The number of H-pyrrole nitrogens is 1. The van der Waals surface area contributed by atoms with Crippen molar-refractivity contribution >= 4 is 22.6 Å². The molecule has 0 saturated carbocycles. The van der Waals surface area contributed by atoms with E-state index < -0.39 is 0 Å². The van der Waals surface area contributed by atoms with Crippen LogP contribution in [-0.2, 0) is 6.42 Å². The van der Waals surface area contributed by atoms with Crippen molar-refractivity contribution in [3.63, 3.8) is 0 Å². The van der Waals surface area contributed by atoms with E-state index in [0.717, 1.165) is 46.8 Å². The van der Waals surface area contributed by atoms with Gasteiger partial charge in [-0.1, -0.05) is 12.1 Å². The Bertz CT molecular complexity index is 1210. The van der Waals surface area contributed by atoms with Crippen molar-refractivity contribution in [3.8, 4) is 11.4 Å². The first-order chi connectivity index (χ1) is 14.2. The van der Waals surface area contributed by atoms with Crippen LogP contribution in [0, 0.1) is 0 Å². The van der Waals surface area contributed by atoms with Gasteiger partial charge in [0.1, 0.15) is 11.8 Å². The first-order valence-corrected chi connectivity index (χ1v) is 9.73. The fraction of sp³-hybridized carbons (Fsp3) is 0.227. The molecule has 0 saturated heterocycles. The molecule has 5 rings (SSSR count). The number of aromatic nitrogens is 6. The molecule has 1 unspecified atom stereocenters. The Balaban J connectivity index is 1.61. The zero-order chi connectivity index (χ0) is 19.8. The molecule has 0 radical (unpaired) electrons. The van der Waals surface area contributed by atoms with Crippen LogP contribution in [0.4, 0.5) is 5.82 Å². The molecule has 4 aromatic rings. The lowest BCUT2D eigenvalue weighted by Gasteiger charge is -2.22. The molecule has 4 heterocycles. The molecular weight excluding hydrogens is 362 g/mol. The van der Waals surface area contributed by atoms with Gasteiger partial charge in [0.05, 0.1) is 29.5 Å². The number of fused-ring (bicyclic) bond motifs is 2. The summed E-state index contributed by atoms with van der Waals surface area (Å²) in [5, 5.41) is 3.51. The van der Waals surface area contributed by atoms with Gasteiger partial charge >= 0.3 is 0 Å². The highest BCUT2D eigenvalue weighted by atomic mass is 15.1. The second-order valence-corrected chi connectivity index (χ2v) is 7.26. The molecule has 0 aliphatic heterocycles. The molecule has 1 atom stereocenters. The van der Waals surface area contributed by atoms with Crippen LogP contribution in [0.1, 0.15) is 43.1 Å². The van der Waals surface area contributed by atoms with Crippen LogP contribution in [0.3, 0.4) is 0 Å². The topological polar surface area (TPSA) is 92.3 Å². The molecule has 0 fully saturated rings. The predicted molar refractivity (Wildman–Crippen MR) is 113 cm³/mol. The smallest absolute Gasteiger partial charge is 0.182 e. The number of pyridine rings is 2. The summed E-state index contributed by atoms with van der Waals surface area (Å²) in [6.45, 7) is 4.25. The van der Waals surface area contributed by atoms with Crippen molar-refractivity contribution in [2.75, 3.05) is 5.32 Å². The van der Waals surface area contributed by atoms with Crippen LogP contribution in [0.5, 0.6) is 0 Å². The molecule has 29 heavy (non-hydrogen) atoms. The number of anilines is 1. The van der Waals surface area contributed by atoms with E-state index >= 15 is 0 Å². The van der Waals surface area contributed by atoms with Crippen LogP contribution in [0.25, 0.3) is 28.1 Å². The quantitative estimate of drug-likeness (QED) is 0.545. The van der Waals surface area contributed by atoms with Crippen molar-refractivity contribution < 1.29 is 0 Å². The Morgan fingerprint density at radius 3 is 2.90 bits per heavy atom. The Morgan fingerprint density at radius 2 is 2.03 bits per heavy atom. The molecular formula is C22H21N7. The SMILES string of the molecule is CC1=CCCc2cc(C(C)Nc3ncnc4nc[nH]c34)c(-c3ccccn3)nc21. The number of hydrogen-bond donors (Lipinski definition) is 2. The fourth-order valence-electron chi connectivity index (χ4n) is 3.84. The zero-order valence-electron chi connectivity index (χ0n) is 16.3. The van der Waals surface area contributed by atoms with E-state index in [9.17, 15) is 0 Å². The van der Waals surface area contributed by atoms with Gasteiger partial charge in [0.25, 0.3) is 0 Å². The molecule has 4 aromatic heterocycles. The van der Waals surface area contributed by atoms with Crippen LogP contribution >= 0.6 is 0 Å². The number of hydrogen-bond acceptors (Lipinski definition) is 6. The molecule has 0 spiro atoms. The largest absolute Gasteiger partial charge is 0.362 e. The molecule has 1 aliphatic carbocycles. The number of allylic oxidation sites excluding steroid dienone is 2. The highest BCUT2D eigenvalue weighted by Gasteiger charge is 2.21. The zero-order valence-corrected chi connectivity index (χ0v) is 16.3. The van der Waals surface area contributed by atoms with Gasteiger partial charge in [0.2, 0.25) is 0 Å². The fourth-order valence-corrected chi connectivity index (χ4v) is 3.84. The number of rotatable bonds is 4. The summed E-state index contributed by atoms with van der Waals surface area (Å²) in [6, 6.07) is 8.16. The summed E-state index contributed by atoms with van der Waals surface area (Å²) >= 11 is 0. The second-order valence-electron chi connectivity index (χ2n) is 7.26. The van der Waals surface area contributed by atoms with E-state index in [0.29, 0.717) is 5.65 Å². The third-order valence-electron chi connectivity index (χ3n) is 5.32. The summed E-state index contributed by atoms with van der Waals surface area (Å²) in [4.78, 5) is 25.5. The van der Waals surface area contributed by atoms with Gasteiger partial charge in [0.15, 0.2) is 11.5 Å². The van der Waals surface area contributed by atoms with Gasteiger partial charge < -0.3 is 10.3 Å². The number of aryl methyl sites for hydroxylation is 1. The number of nitrogens with one attached hydrogen (secondary N) is 2. The van der Waals surface area contributed by atoms with E-state index in [2.05, 4.69) is 56.2 Å². The van der Waals surface area contributed by atoms with Crippen LogP contribution in [0.2, 0.25) is 0 Å². The first-order valence-electron chi connectivity index (χ1n) is 9.73. The minimum Gasteiger partial charge on any atom is -0.362 e. The predicted octanol–water partition coefficient (Wildman–Crippen LogP) is 4.33. The highest BCUT2D eigenvalue weighted by molar-refractivity contribution is 5.82. The van der Waals surface area contributed by atoms with Crippen LogP contribution in [-0.4, -0.2) is 29.9 Å². The molecule has 0 bridgehead atoms. The molecule has 2 N–H and O–H groups in total. The summed E-state index contributed by atoms with van der Waals surface area (Å²) in [5.41, 5.74) is 7.88. The summed E-state index contributed by atoms with van der Waals surface area (Å²) in [7, 11) is 0. The standard InChI is InChI=1S/C22H21N7/c1-13-6-5-7-15-10-16(19(29-18(13)15)17-8-3-4-9-23-17)14(2)28-22-20-21(25-11-24-20)26-12-27-22/h3-4,6,8-12,14H,5,7H2,1-2H3,(H2,24,25,26,27,28). The molecule has 0 aromatic carbocycles. The maximum Gasteiger partial charge on any atom is 0.182 e. The molecule has 1 aliphatic rings. The van der Waals surface area contributed by atoms with Crippen LogP contribution in [0.15, 0.2) is 49.2 Å². The van der Waals surface area contributed by atoms with E-state index in [1.165, 1.54) is 17.5 Å². The molecule has 0 amide bonds. The maximum absolute atomic E-state index is 5.06. The average Bonchev–Trinajstić information content (AvgIpc) is 3.24. The summed E-state index contributed by atoms with van der Waals surface area (Å²) < 4.78 is 0. The molecule has 144 valence electrons. The number of nitrogens with zero attached hydrogens (tertiary/aromatic N) is 5. The lowest BCUT2D eigenvalue weighted by molar-refractivity contribution is 0.852. The van der Waals surface area contributed by atoms with Crippen molar-refractivity contribution in [2.24, 2.45) is 0 Å². The van der Waals surface area contributed by atoms with Crippen molar-refractivity contribution in [3.05, 3.63) is 66.0 Å². The first kappa shape index (κ1) is 17.5. The lowest BCUT2D eigenvalue weighted by Crippen LogP contribution is -2.14. The maximum atomic E-state index is 5.06. The van der Waals surface area contributed by atoms with Crippen molar-refractivity contribution in [1.82, 2.24) is 29.9 Å². The van der Waals surface area contributed by atoms with Gasteiger partial charge in [-0.3, -0.25) is 4.98 Å².